The predicted octanol–water partition coefficient (Wildman–Crippen LogP) is 4.09. The Labute approximate surface area is 125 Å². The molecule has 3 rings (SSSR count). The standard InChI is InChI=1S/C17H23FN2O/c1-11-3-2-4-13(7-5-11)19-16-10-15-12(9-14(16)18)6-8-17(21)20-15/h9-11,13,19H,2-8H2,1H3,(H,20,21). The Morgan fingerprint density at radius 3 is 2.90 bits per heavy atom. The molecule has 1 amide bonds. The van der Waals surface area contributed by atoms with E-state index in [9.17, 15) is 9.18 Å². The third-order valence-electron chi connectivity index (χ3n) is 4.71. The quantitative estimate of drug-likeness (QED) is 0.805. The molecule has 1 saturated carbocycles. The summed E-state index contributed by atoms with van der Waals surface area (Å²) in [5, 5.41) is 6.19. The maximum absolute atomic E-state index is 14.2. The van der Waals surface area contributed by atoms with Gasteiger partial charge in [-0.25, -0.2) is 4.39 Å². The van der Waals surface area contributed by atoms with Crippen LogP contribution < -0.4 is 10.6 Å². The zero-order valence-corrected chi connectivity index (χ0v) is 12.5. The van der Waals surface area contributed by atoms with Crippen molar-refractivity contribution in [2.24, 2.45) is 5.92 Å². The number of halogens is 1. The van der Waals surface area contributed by atoms with Crippen LogP contribution in [0.2, 0.25) is 0 Å². The van der Waals surface area contributed by atoms with E-state index in [1.807, 2.05) is 0 Å². The van der Waals surface area contributed by atoms with Gasteiger partial charge in [0.25, 0.3) is 0 Å². The number of fused-ring (bicyclic) bond motifs is 1. The summed E-state index contributed by atoms with van der Waals surface area (Å²) in [6.07, 6.45) is 6.90. The lowest BCUT2D eigenvalue weighted by atomic mass is 10.0. The molecular formula is C17H23FN2O. The summed E-state index contributed by atoms with van der Waals surface area (Å²) in [6.45, 7) is 2.29. The van der Waals surface area contributed by atoms with E-state index < -0.39 is 0 Å². The van der Waals surface area contributed by atoms with Crippen LogP contribution in [0.15, 0.2) is 12.1 Å². The fourth-order valence-electron chi connectivity index (χ4n) is 3.36. The smallest absolute Gasteiger partial charge is 0.224 e. The fraction of sp³-hybridized carbons (Fsp3) is 0.588. The number of hydrogen-bond donors (Lipinski definition) is 2. The van der Waals surface area contributed by atoms with E-state index in [4.69, 9.17) is 0 Å². The van der Waals surface area contributed by atoms with E-state index in [1.165, 1.54) is 19.3 Å². The second-order valence-electron chi connectivity index (χ2n) is 6.49. The Kier molecular flexibility index (Phi) is 4.13. The van der Waals surface area contributed by atoms with Crippen LogP contribution in [0.3, 0.4) is 0 Å². The number of carbonyl (C=O) groups excluding carboxylic acids is 1. The number of nitrogens with one attached hydrogen (secondary N) is 2. The maximum Gasteiger partial charge on any atom is 0.224 e. The van der Waals surface area contributed by atoms with Gasteiger partial charge in [0.2, 0.25) is 5.91 Å². The molecule has 114 valence electrons. The number of anilines is 2. The molecule has 0 bridgehead atoms. The summed E-state index contributed by atoms with van der Waals surface area (Å²) in [4.78, 5) is 11.5. The van der Waals surface area contributed by atoms with Crippen molar-refractivity contribution in [2.45, 2.75) is 57.9 Å². The topological polar surface area (TPSA) is 41.1 Å². The lowest BCUT2D eigenvalue weighted by molar-refractivity contribution is -0.116. The van der Waals surface area contributed by atoms with E-state index in [-0.39, 0.29) is 11.7 Å². The minimum atomic E-state index is -0.206. The van der Waals surface area contributed by atoms with Gasteiger partial charge in [0, 0.05) is 18.2 Å². The molecule has 1 aliphatic heterocycles. The highest BCUT2D eigenvalue weighted by atomic mass is 19.1. The summed E-state index contributed by atoms with van der Waals surface area (Å²) in [7, 11) is 0. The lowest BCUT2D eigenvalue weighted by Crippen LogP contribution is -2.22. The van der Waals surface area contributed by atoms with Crippen LogP contribution in [0.4, 0.5) is 15.8 Å². The molecule has 1 aromatic rings. The van der Waals surface area contributed by atoms with Gasteiger partial charge in [-0.1, -0.05) is 19.8 Å². The zero-order chi connectivity index (χ0) is 14.8. The first-order valence-electron chi connectivity index (χ1n) is 8.00. The Hall–Kier alpha value is -1.58. The van der Waals surface area contributed by atoms with E-state index >= 15 is 0 Å². The van der Waals surface area contributed by atoms with Gasteiger partial charge in [0.05, 0.1) is 5.69 Å². The highest BCUT2D eigenvalue weighted by Crippen LogP contribution is 2.31. The third-order valence-corrected chi connectivity index (χ3v) is 4.71. The normalized spacial score (nSPS) is 25.7. The molecule has 2 N–H and O–H groups in total. The minimum Gasteiger partial charge on any atom is -0.380 e. The highest BCUT2D eigenvalue weighted by molar-refractivity contribution is 5.94. The van der Waals surface area contributed by atoms with Crippen molar-refractivity contribution in [3.63, 3.8) is 0 Å². The number of carbonyl (C=O) groups is 1. The van der Waals surface area contributed by atoms with Gasteiger partial charge in [0.1, 0.15) is 5.82 Å². The fourth-order valence-corrected chi connectivity index (χ4v) is 3.36. The molecular weight excluding hydrogens is 267 g/mol. The summed E-state index contributed by atoms with van der Waals surface area (Å²) >= 11 is 0. The van der Waals surface area contributed by atoms with Crippen LogP contribution in [-0.2, 0) is 11.2 Å². The first-order chi connectivity index (χ1) is 10.1. The van der Waals surface area contributed by atoms with Crippen molar-refractivity contribution in [3.8, 4) is 0 Å². The van der Waals surface area contributed by atoms with Gasteiger partial charge in [-0.2, -0.15) is 0 Å². The summed E-state index contributed by atoms with van der Waals surface area (Å²) < 4.78 is 14.2. The molecule has 4 heteroatoms. The number of amides is 1. The Bertz CT molecular complexity index is 544. The van der Waals surface area contributed by atoms with Crippen LogP contribution in [0.5, 0.6) is 0 Å². The molecule has 2 unspecified atom stereocenters. The van der Waals surface area contributed by atoms with Crippen molar-refractivity contribution < 1.29 is 9.18 Å². The number of rotatable bonds is 2. The van der Waals surface area contributed by atoms with Crippen molar-refractivity contribution in [2.75, 3.05) is 10.6 Å². The Balaban J connectivity index is 1.76. The van der Waals surface area contributed by atoms with E-state index in [1.54, 1.807) is 12.1 Å². The van der Waals surface area contributed by atoms with Crippen molar-refractivity contribution in [1.29, 1.82) is 0 Å². The van der Waals surface area contributed by atoms with Gasteiger partial charge in [0.15, 0.2) is 0 Å². The van der Waals surface area contributed by atoms with Crippen LogP contribution in [-0.4, -0.2) is 11.9 Å². The van der Waals surface area contributed by atoms with Crippen LogP contribution in [0.25, 0.3) is 0 Å². The van der Waals surface area contributed by atoms with E-state index in [0.717, 1.165) is 30.0 Å². The maximum atomic E-state index is 14.2. The molecule has 0 aromatic heterocycles. The van der Waals surface area contributed by atoms with Crippen LogP contribution in [0.1, 0.15) is 51.0 Å². The average Bonchev–Trinajstić information content (AvgIpc) is 2.65. The SMILES string of the molecule is CC1CCCC(Nc2cc3c(cc2F)CCC(=O)N3)CC1. The first-order valence-corrected chi connectivity index (χ1v) is 8.00. The van der Waals surface area contributed by atoms with Crippen LogP contribution in [0, 0.1) is 11.7 Å². The van der Waals surface area contributed by atoms with Crippen LogP contribution >= 0.6 is 0 Å². The average molecular weight is 290 g/mol. The summed E-state index contributed by atoms with van der Waals surface area (Å²) in [5.74, 6) is 0.579. The Morgan fingerprint density at radius 1 is 1.19 bits per heavy atom. The highest BCUT2D eigenvalue weighted by Gasteiger charge is 2.20. The van der Waals surface area contributed by atoms with Gasteiger partial charge in [-0.05, 0) is 49.3 Å². The van der Waals surface area contributed by atoms with Crippen molar-refractivity contribution in [1.82, 2.24) is 0 Å². The molecule has 3 nitrogen and oxygen atoms in total. The van der Waals surface area contributed by atoms with E-state index in [0.29, 0.717) is 24.6 Å². The molecule has 21 heavy (non-hydrogen) atoms. The molecule has 1 aromatic carbocycles. The van der Waals surface area contributed by atoms with Crippen molar-refractivity contribution >= 4 is 17.3 Å². The molecule has 2 aliphatic rings. The number of benzene rings is 1. The zero-order valence-electron chi connectivity index (χ0n) is 12.5. The van der Waals surface area contributed by atoms with Gasteiger partial charge in [-0.3, -0.25) is 4.79 Å². The molecule has 1 aliphatic carbocycles. The second kappa shape index (κ2) is 6.04. The minimum absolute atomic E-state index is 0.0170. The second-order valence-corrected chi connectivity index (χ2v) is 6.49. The van der Waals surface area contributed by atoms with E-state index in [2.05, 4.69) is 17.6 Å². The first kappa shape index (κ1) is 14.4. The summed E-state index contributed by atoms with van der Waals surface area (Å²) in [5.41, 5.74) is 2.18. The monoisotopic (exact) mass is 290 g/mol. The van der Waals surface area contributed by atoms with Gasteiger partial charge in [-0.15, -0.1) is 0 Å². The molecule has 2 atom stereocenters. The number of aryl methyl sites for hydroxylation is 1. The molecule has 0 radical (unpaired) electrons. The molecule has 0 saturated heterocycles. The predicted molar refractivity (Wildman–Crippen MR) is 83.0 cm³/mol. The molecule has 1 fully saturated rings. The summed E-state index contributed by atoms with van der Waals surface area (Å²) in [6, 6.07) is 3.66. The third kappa shape index (κ3) is 3.36. The lowest BCUT2D eigenvalue weighted by Gasteiger charge is -2.22. The van der Waals surface area contributed by atoms with Crippen molar-refractivity contribution in [3.05, 3.63) is 23.5 Å². The van der Waals surface area contributed by atoms with Gasteiger partial charge < -0.3 is 10.6 Å². The number of hydrogen-bond acceptors (Lipinski definition) is 2. The van der Waals surface area contributed by atoms with Gasteiger partial charge >= 0.3 is 0 Å². The molecule has 1 heterocycles. The molecule has 0 spiro atoms. The largest absolute Gasteiger partial charge is 0.380 e. The Morgan fingerprint density at radius 2 is 2.05 bits per heavy atom.